The van der Waals surface area contributed by atoms with E-state index in [0.29, 0.717) is 0 Å². The van der Waals surface area contributed by atoms with Gasteiger partial charge in [0.1, 0.15) is 6.04 Å². The maximum Gasteiger partial charge on any atom is 0.241 e. The second-order valence-electron chi connectivity index (χ2n) is 7.95. The molecule has 0 saturated carbocycles. The number of nitrogens with zero attached hydrogens (tertiary/aromatic N) is 2. The van der Waals surface area contributed by atoms with E-state index in [9.17, 15) is 4.79 Å². The van der Waals surface area contributed by atoms with Crippen LogP contribution in [0.5, 0.6) is 0 Å². The number of carbonyl (C=O) groups is 1. The van der Waals surface area contributed by atoms with Crippen molar-refractivity contribution >= 4 is 39.1 Å². The average molecular weight is 434 g/mol. The van der Waals surface area contributed by atoms with Crippen molar-refractivity contribution in [3.8, 4) is 0 Å². The van der Waals surface area contributed by atoms with Gasteiger partial charge in [-0.05, 0) is 45.5 Å². The molecular formula is C20H24BrN3OS. The van der Waals surface area contributed by atoms with Gasteiger partial charge in [-0.2, -0.15) is 0 Å². The Labute approximate surface area is 167 Å². The fourth-order valence-corrected chi connectivity index (χ4v) is 4.94. The minimum absolute atomic E-state index is 0.0389. The second-order valence-corrected chi connectivity index (χ2v) is 9.81. The number of hydrogen-bond donors (Lipinski definition) is 1. The molecule has 1 aliphatic heterocycles. The smallest absolute Gasteiger partial charge is 0.241 e. The molecule has 0 aliphatic carbocycles. The van der Waals surface area contributed by atoms with Gasteiger partial charge >= 0.3 is 0 Å². The summed E-state index contributed by atoms with van der Waals surface area (Å²) in [5.41, 5.74) is 7.48. The third-order valence-corrected chi connectivity index (χ3v) is 6.85. The van der Waals surface area contributed by atoms with E-state index in [2.05, 4.69) is 66.0 Å². The van der Waals surface area contributed by atoms with E-state index in [1.807, 2.05) is 18.4 Å². The van der Waals surface area contributed by atoms with Crippen molar-refractivity contribution in [1.82, 2.24) is 4.90 Å². The Morgan fingerprint density at radius 2 is 1.88 bits per heavy atom. The predicted molar refractivity (Wildman–Crippen MR) is 112 cm³/mol. The van der Waals surface area contributed by atoms with E-state index in [-0.39, 0.29) is 23.3 Å². The molecule has 1 aromatic heterocycles. The van der Waals surface area contributed by atoms with E-state index in [1.165, 1.54) is 10.5 Å². The van der Waals surface area contributed by atoms with Crippen LogP contribution >= 0.6 is 27.3 Å². The monoisotopic (exact) mass is 433 g/mol. The van der Waals surface area contributed by atoms with E-state index in [0.717, 1.165) is 14.9 Å². The topological polar surface area (TPSA) is 58.7 Å². The second kappa shape index (κ2) is 6.50. The van der Waals surface area contributed by atoms with E-state index >= 15 is 0 Å². The molecule has 0 radical (unpaired) electrons. The van der Waals surface area contributed by atoms with Crippen LogP contribution in [0.3, 0.4) is 0 Å². The summed E-state index contributed by atoms with van der Waals surface area (Å²) < 4.78 is 0.989. The predicted octanol–water partition coefficient (Wildman–Crippen LogP) is 4.59. The zero-order valence-electron chi connectivity index (χ0n) is 15.7. The molecule has 26 heavy (non-hydrogen) atoms. The fourth-order valence-electron chi connectivity index (χ4n) is 3.33. The minimum Gasteiger partial charge on any atom is -0.369 e. The molecule has 0 fully saturated rings. The van der Waals surface area contributed by atoms with Crippen LogP contribution < -0.4 is 5.73 Å². The highest BCUT2D eigenvalue weighted by Crippen LogP contribution is 2.46. The summed E-state index contributed by atoms with van der Waals surface area (Å²) >= 11 is 5.09. The number of rotatable bonds is 2. The lowest BCUT2D eigenvalue weighted by Gasteiger charge is -2.41. The summed E-state index contributed by atoms with van der Waals surface area (Å²) in [6.07, 6.45) is 0. The lowest BCUT2D eigenvalue weighted by molar-refractivity contribution is -0.133. The van der Waals surface area contributed by atoms with Gasteiger partial charge < -0.3 is 5.73 Å². The number of amides is 1. The molecule has 2 atom stereocenters. The summed E-state index contributed by atoms with van der Waals surface area (Å²) in [6, 6.07) is 10.0. The van der Waals surface area contributed by atoms with Crippen molar-refractivity contribution in [3.63, 3.8) is 0 Å². The quantitative estimate of drug-likeness (QED) is 0.752. The van der Waals surface area contributed by atoms with Gasteiger partial charge in [0.2, 0.25) is 5.91 Å². The first-order valence-corrected chi connectivity index (χ1v) is 10.2. The number of halogens is 1. The standard InChI is InChI=1S/C20H24BrN3OS/c1-19(2,3)12-6-8-13(9-7-12)20(4)16(15-10-14(21)11-26-15)23-18(22)24(5)17(20)25/h6-11,16H,1-5H3,(H2,22,23)/t16?,20-/m1/s1. The first-order valence-electron chi connectivity index (χ1n) is 8.51. The maximum absolute atomic E-state index is 13.3. The van der Waals surface area contributed by atoms with Gasteiger partial charge in [0.05, 0.1) is 5.41 Å². The summed E-state index contributed by atoms with van der Waals surface area (Å²) in [5.74, 6) is 0.219. The molecular weight excluding hydrogens is 410 g/mol. The van der Waals surface area contributed by atoms with E-state index in [4.69, 9.17) is 5.73 Å². The third kappa shape index (κ3) is 3.09. The molecule has 6 heteroatoms. The van der Waals surface area contributed by atoms with Gasteiger partial charge in [-0.25, -0.2) is 4.99 Å². The number of likely N-dealkylation sites (N-methyl/N-ethyl adjacent to an activating group) is 1. The highest BCUT2D eigenvalue weighted by atomic mass is 79.9. The van der Waals surface area contributed by atoms with Crippen LogP contribution in [0, 0.1) is 0 Å². The first kappa shape index (κ1) is 19.1. The molecule has 1 aromatic carbocycles. The zero-order chi connectivity index (χ0) is 19.3. The van der Waals surface area contributed by atoms with Gasteiger partial charge in [0.15, 0.2) is 5.96 Å². The number of thiophene rings is 1. The lowest BCUT2D eigenvalue weighted by Crippen LogP contribution is -2.55. The average Bonchev–Trinajstić information content (AvgIpc) is 3.01. The summed E-state index contributed by atoms with van der Waals surface area (Å²) in [5, 5.41) is 2.01. The molecule has 2 aromatic rings. The Hall–Kier alpha value is -1.66. The normalized spacial score (nSPS) is 23.9. The lowest BCUT2D eigenvalue weighted by atomic mass is 9.72. The van der Waals surface area contributed by atoms with E-state index < -0.39 is 5.41 Å². The minimum atomic E-state index is -0.807. The van der Waals surface area contributed by atoms with Crippen LogP contribution in [-0.4, -0.2) is 23.8 Å². The molecule has 3 rings (SSSR count). The molecule has 1 aliphatic rings. The van der Waals surface area contributed by atoms with Gasteiger partial charge in [-0.1, -0.05) is 45.0 Å². The molecule has 138 valence electrons. The zero-order valence-corrected chi connectivity index (χ0v) is 18.1. The van der Waals surface area contributed by atoms with E-state index in [1.54, 1.807) is 18.4 Å². The van der Waals surface area contributed by atoms with Crippen molar-refractivity contribution in [1.29, 1.82) is 0 Å². The maximum atomic E-state index is 13.3. The number of guanidine groups is 1. The molecule has 4 nitrogen and oxygen atoms in total. The Bertz CT molecular complexity index is 866. The molecule has 0 bridgehead atoms. The Morgan fingerprint density at radius 1 is 1.27 bits per heavy atom. The fraction of sp³-hybridized carbons (Fsp3) is 0.400. The summed E-state index contributed by atoms with van der Waals surface area (Å²) in [7, 11) is 1.68. The largest absolute Gasteiger partial charge is 0.369 e. The highest BCUT2D eigenvalue weighted by molar-refractivity contribution is 9.10. The molecule has 0 spiro atoms. The van der Waals surface area contributed by atoms with Crippen molar-refractivity contribution < 1.29 is 4.79 Å². The van der Waals surface area contributed by atoms with Crippen LogP contribution in [0.25, 0.3) is 0 Å². The molecule has 2 heterocycles. The van der Waals surface area contributed by atoms with Gasteiger partial charge in [-0.3, -0.25) is 9.69 Å². The molecule has 2 N–H and O–H groups in total. The third-order valence-electron chi connectivity index (χ3n) is 5.11. The van der Waals surface area contributed by atoms with Crippen LogP contribution in [0.4, 0.5) is 0 Å². The molecule has 1 unspecified atom stereocenters. The molecule has 0 saturated heterocycles. The highest BCUT2D eigenvalue weighted by Gasteiger charge is 2.49. The Morgan fingerprint density at radius 3 is 2.38 bits per heavy atom. The van der Waals surface area contributed by atoms with Crippen LogP contribution in [-0.2, 0) is 15.6 Å². The number of aliphatic imine (C=N–C) groups is 1. The Balaban J connectivity index is 2.15. The number of nitrogens with two attached hydrogens (primary N) is 1. The van der Waals surface area contributed by atoms with Crippen LogP contribution in [0.1, 0.15) is 49.7 Å². The van der Waals surface area contributed by atoms with Gasteiger partial charge in [0.25, 0.3) is 0 Å². The van der Waals surface area contributed by atoms with Gasteiger partial charge in [0, 0.05) is 21.8 Å². The SMILES string of the molecule is CN1C(=O)[C@](C)(c2ccc(C(C)(C)C)cc2)C(c2cc(Br)cs2)N=C1N. The number of carbonyl (C=O) groups excluding carboxylic acids is 1. The summed E-state index contributed by atoms with van der Waals surface area (Å²) in [4.78, 5) is 20.4. The van der Waals surface area contributed by atoms with Crippen molar-refractivity contribution in [3.05, 3.63) is 56.2 Å². The summed E-state index contributed by atoms with van der Waals surface area (Å²) in [6.45, 7) is 8.51. The van der Waals surface area contributed by atoms with Crippen molar-refractivity contribution in [2.24, 2.45) is 10.7 Å². The van der Waals surface area contributed by atoms with Gasteiger partial charge in [-0.15, -0.1) is 11.3 Å². The van der Waals surface area contributed by atoms with Crippen LogP contribution in [0.15, 0.2) is 45.2 Å². The van der Waals surface area contributed by atoms with Crippen LogP contribution in [0.2, 0.25) is 0 Å². The first-order chi connectivity index (χ1) is 12.0. The number of benzene rings is 1. The number of hydrogen-bond acceptors (Lipinski definition) is 4. The molecule has 1 amide bonds. The van der Waals surface area contributed by atoms with Crippen molar-refractivity contribution in [2.45, 2.75) is 44.6 Å². The Kier molecular flexibility index (Phi) is 4.78. The van der Waals surface area contributed by atoms with Crippen molar-refractivity contribution in [2.75, 3.05) is 7.05 Å².